The minimum Gasteiger partial charge on any atom is -0.465 e. The number of rotatable bonds is 7. The second kappa shape index (κ2) is 15.9. The molecular weight excluding hydrogens is 653 g/mol. The van der Waals surface area contributed by atoms with Gasteiger partial charge in [-0.15, -0.1) is 5.10 Å². The van der Waals surface area contributed by atoms with Gasteiger partial charge >= 0.3 is 18.4 Å². The molecule has 17 heteroatoms. The van der Waals surface area contributed by atoms with Crippen molar-refractivity contribution in [1.82, 2.24) is 39.7 Å². The average Bonchev–Trinajstić information content (AvgIpc) is 3.74. The fourth-order valence-electron chi connectivity index (χ4n) is 5.15. The first-order chi connectivity index (χ1) is 23.0. The van der Waals surface area contributed by atoms with E-state index in [1.54, 1.807) is 76.1 Å². The lowest BCUT2D eigenvalue weighted by Gasteiger charge is -2.30. The Morgan fingerprint density at radius 3 is 2.10 bits per heavy atom. The lowest BCUT2D eigenvalue weighted by atomic mass is 10.0. The molecule has 2 fully saturated rings. The average molecular weight is 689 g/mol. The number of tetrazole rings is 1. The lowest BCUT2D eigenvalue weighted by Crippen LogP contribution is -2.42. The summed E-state index contributed by atoms with van der Waals surface area (Å²) in [5, 5.41) is 21.3. The number of aromatic nitrogens is 6. The molecular formula is C31H35F3N8O5S. The Hall–Kier alpha value is -4.80. The van der Waals surface area contributed by atoms with E-state index in [4.69, 9.17) is 14.7 Å². The molecule has 2 aromatic carbocycles. The number of benzene rings is 2. The van der Waals surface area contributed by atoms with Crippen LogP contribution in [0, 0.1) is 0 Å². The van der Waals surface area contributed by atoms with E-state index in [-0.39, 0.29) is 6.10 Å². The predicted molar refractivity (Wildman–Crippen MR) is 167 cm³/mol. The first kappa shape index (κ1) is 34.5. The van der Waals surface area contributed by atoms with Gasteiger partial charge in [-0.2, -0.15) is 17.9 Å². The Balaban J connectivity index is 0.000000250. The zero-order valence-corrected chi connectivity index (χ0v) is 26.9. The first-order valence-corrected chi connectivity index (χ1v) is 16.2. The molecule has 0 atom stereocenters. The van der Waals surface area contributed by atoms with Crippen molar-refractivity contribution in [3.63, 3.8) is 0 Å². The van der Waals surface area contributed by atoms with Crippen molar-refractivity contribution in [3.8, 4) is 5.75 Å². The quantitative estimate of drug-likeness (QED) is 0.281. The van der Waals surface area contributed by atoms with Crippen LogP contribution in [0.4, 0.5) is 22.8 Å². The highest BCUT2D eigenvalue weighted by Gasteiger charge is 2.30. The summed E-state index contributed by atoms with van der Waals surface area (Å²) in [5.74, 6) is 0.429. The number of carbonyl (C=O) groups is 2. The number of ether oxygens (including phenoxy) is 1. The van der Waals surface area contributed by atoms with Gasteiger partial charge in [0.15, 0.2) is 0 Å². The van der Waals surface area contributed by atoms with Gasteiger partial charge in [0.25, 0.3) is 0 Å². The van der Waals surface area contributed by atoms with Crippen molar-refractivity contribution in [2.45, 2.75) is 54.8 Å². The second-order valence-corrected chi connectivity index (χ2v) is 12.5. The van der Waals surface area contributed by atoms with Gasteiger partial charge in [-0.1, -0.05) is 36.0 Å². The Kier molecular flexibility index (Phi) is 11.4. The van der Waals surface area contributed by atoms with Gasteiger partial charge in [-0.3, -0.25) is 0 Å². The van der Waals surface area contributed by atoms with Gasteiger partial charge in [0.1, 0.15) is 18.2 Å². The van der Waals surface area contributed by atoms with Gasteiger partial charge in [-0.05, 0) is 65.1 Å². The summed E-state index contributed by atoms with van der Waals surface area (Å²) in [6.45, 7) is 2.25. The molecule has 2 amide bonds. The van der Waals surface area contributed by atoms with E-state index >= 15 is 0 Å². The fourth-order valence-corrected chi connectivity index (χ4v) is 6.17. The third-order valence-electron chi connectivity index (χ3n) is 7.83. The van der Waals surface area contributed by atoms with Crippen LogP contribution in [-0.2, 0) is 19.6 Å². The van der Waals surface area contributed by atoms with Gasteiger partial charge in [0.05, 0.1) is 11.8 Å². The topological polar surface area (TPSA) is 141 Å². The van der Waals surface area contributed by atoms with Crippen molar-refractivity contribution in [1.29, 1.82) is 0 Å². The van der Waals surface area contributed by atoms with E-state index in [1.165, 1.54) is 17.0 Å². The zero-order valence-electron chi connectivity index (χ0n) is 26.1. The minimum absolute atomic E-state index is 0.0785. The third kappa shape index (κ3) is 9.85. The van der Waals surface area contributed by atoms with Crippen molar-refractivity contribution in [2.75, 3.05) is 26.2 Å². The molecule has 4 aromatic rings. The molecule has 4 heterocycles. The number of nitrogens with zero attached hydrogens (tertiary/aromatic N) is 8. The van der Waals surface area contributed by atoms with Crippen LogP contribution in [0.2, 0.25) is 0 Å². The summed E-state index contributed by atoms with van der Waals surface area (Å²) in [6, 6.07) is 12.1. The number of thioether (sulfide) groups is 1. The monoisotopic (exact) mass is 688 g/mol. The molecule has 0 saturated carbocycles. The number of hydrogen-bond donors (Lipinski definition) is 1. The largest absolute Gasteiger partial charge is 0.465 e. The Morgan fingerprint density at radius 2 is 1.56 bits per heavy atom. The molecule has 0 radical (unpaired) electrons. The molecule has 256 valence electrons. The van der Waals surface area contributed by atoms with Crippen LogP contribution in [0.1, 0.15) is 42.4 Å². The standard InChI is InChI=1S/C22H22F3N5O2S.C9H13N3O3/c1-29-20(26-27-28-29)33-19-10-12-30(13-11-19)21(31)32-18-8-4-16(5-9-18)14-15-2-6-17(7-3-15)22(23,24)25;13-9(14)11-4-1-8(2-5-11)15-12-6-3-10-7-12/h2-9,19H,10-14H2,1H3;3,6-8H,1-2,4-5H2,(H,13,14). The highest BCUT2D eigenvalue weighted by atomic mass is 32.2. The third-order valence-corrected chi connectivity index (χ3v) is 9.20. The van der Waals surface area contributed by atoms with Crippen molar-refractivity contribution in [2.24, 2.45) is 7.05 Å². The first-order valence-electron chi connectivity index (χ1n) is 15.3. The predicted octanol–water partition coefficient (Wildman–Crippen LogP) is 5.03. The molecule has 0 bridgehead atoms. The van der Waals surface area contributed by atoms with Crippen molar-refractivity contribution >= 4 is 23.9 Å². The summed E-state index contributed by atoms with van der Waals surface area (Å²) in [6.07, 6.45) is 3.02. The molecule has 2 aliphatic heterocycles. The number of aryl methyl sites for hydroxylation is 1. The van der Waals surface area contributed by atoms with E-state index in [1.807, 2.05) is 0 Å². The maximum Gasteiger partial charge on any atom is 0.416 e. The van der Waals surface area contributed by atoms with Crippen molar-refractivity contribution in [3.05, 3.63) is 83.9 Å². The number of carbonyl (C=O) groups excluding carboxylic acids is 1. The van der Waals surface area contributed by atoms with Crippen LogP contribution in [0.5, 0.6) is 5.75 Å². The minimum atomic E-state index is -4.34. The summed E-state index contributed by atoms with van der Waals surface area (Å²) in [4.78, 5) is 35.7. The molecule has 48 heavy (non-hydrogen) atoms. The highest BCUT2D eigenvalue weighted by Crippen LogP contribution is 2.30. The molecule has 0 spiro atoms. The fraction of sp³-hybridized carbons (Fsp3) is 0.419. The summed E-state index contributed by atoms with van der Waals surface area (Å²) in [5.41, 5.74) is 1.01. The molecule has 2 saturated heterocycles. The number of amides is 2. The van der Waals surface area contributed by atoms with E-state index in [9.17, 15) is 22.8 Å². The lowest BCUT2D eigenvalue weighted by molar-refractivity contribution is -0.137. The summed E-state index contributed by atoms with van der Waals surface area (Å²) < 4.78 is 46.7. The van der Waals surface area contributed by atoms with Gasteiger partial charge in [0, 0.05) is 57.5 Å². The van der Waals surface area contributed by atoms with E-state index in [0.29, 0.717) is 43.6 Å². The Labute approximate surface area is 278 Å². The molecule has 0 unspecified atom stereocenters. The number of carboxylic acid groups (broad SMARTS) is 1. The zero-order chi connectivity index (χ0) is 34.1. The number of halogens is 3. The maximum absolute atomic E-state index is 12.7. The second-order valence-electron chi connectivity index (χ2n) is 11.3. The SMILES string of the molecule is Cn1nnnc1SC1CCN(C(=O)Oc2ccc(Cc3ccc(C(F)(F)F)cc3)cc2)CC1.O=C(O)N1CCC(On2ccnc2)CC1. The smallest absolute Gasteiger partial charge is 0.416 e. The van der Waals surface area contributed by atoms with Gasteiger partial charge in [0.2, 0.25) is 5.16 Å². The van der Waals surface area contributed by atoms with E-state index in [0.717, 1.165) is 54.1 Å². The van der Waals surface area contributed by atoms with Gasteiger partial charge in [-0.25, -0.2) is 19.3 Å². The molecule has 6 rings (SSSR count). The number of hydrogen-bond acceptors (Lipinski definition) is 9. The summed E-state index contributed by atoms with van der Waals surface area (Å²) in [7, 11) is 1.80. The summed E-state index contributed by atoms with van der Waals surface area (Å²) >= 11 is 1.61. The number of alkyl halides is 3. The van der Waals surface area contributed by atoms with Crippen LogP contribution in [-0.4, -0.2) is 94.5 Å². The number of piperidine rings is 2. The highest BCUT2D eigenvalue weighted by molar-refractivity contribution is 7.99. The number of imidazole rings is 1. The number of likely N-dealkylation sites (tertiary alicyclic amines) is 2. The van der Waals surface area contributed by atoms with Crippen LogP contribution in [0.25, 0.3) is 0 Å². The van der Waals surface area contributed by atoms with Gasteiger partial charge < -0.3 is 24.5 Å². The van der Waals surface area contributed by atoms with Crippen LogP contribution >= 0.6 is 11.8 Å². The molecule has 13 nitrogen and oxygen atoms in total. The maximum atomic E-state index is 12.7. The van der Waals surface area contributed by atoms with Crippen LogP contribution in [0.3, 0.4) is 0 Å². The molecule has 2 aliphatic rings. The van der Waals surface area contributed by atoms with E-state index < -0.39 is 23.9 Å². The molecule has 0 aliphatic carbocycles. The normalized spacial score (nSPS) is 15.8. The molecule has 1 N–H and O–H groups in total. The van der Waals surface area contributed by atoms with Crippen LogP contribution < -0.4 is 9.57 Å². The molecule has 2 aromatic heterocycles. The van der Waals surface area contributed by atoms with E-state index in [2.05, 4.69) is 20.5 Å². The van der Waals surface area contributed by atoms with Crippen molar-refractivity contribution < 1.29 is 37.4 Å². The Bertz CT molecular complexity index is 1600. The van der Waals surface area contributed by atoms with Crippen LogP contribution in [0.15, 0.2) is 72.4 Å². The Morgan fingerprint density at radius 1 is 0.938 bits per heavy atom.